The van der Waals surface area contributed by atoms with Gasteiger partial charge in [0.25, 0.3) is 0 Å². The van der Waals surface area contributed by atoms with Crippen LogP contribution in [0.4, 0.5) is 5.69 Å². The Bertz CT molecular complexity index is 474. The van der Waals surface area contributed by atoms with E-state index < -0.39 is 17.9 Å². The molecule has 0 fully saturated rings. The van der Waals surface area contributed by atoms with Crippen molar-refractivity contribution < 1.29 is 14.7 Å². The topological polar surface area (TPSA) is 92.4 Å². The van der Waals surface area contributed by atoms with Crippen molar-refractivity contribution in [3.8, 4) is 0 Å². The molecule has 1 aromatic rings. The number of nitrogens with one attached hydrogen (secondary N) is 1. The predicted molar refractivity (Wildman–Crippen MR) is 72.5 cm³/mol. The summed E-state index contributed by atoms with van der Waals surface area (Å²) < 4.78 is 0.631. The first-order valence-electron chi connectivity index (χ1n) is 5.42. The molecule has 6 heteroatoms. The molecule has 4 N–H and O–H groups in total. The van der Waals surface area contributed by atoms with Crippen molar-refractivity contribution in [1.82, 2.24) is 0 Å². The Morgan fingerprint density at radius 1 is 1.39 bits per heavy atom. The highest BCUT2D eigenvalue weighted by molar-refractivity contribution is 9.10. The summed E-state index contributed by atoms with van der Waals surface area (Å²) in [6.45, 7) is 3.65. The van der Waals surface area contributed by atoms with Crippen molar-refractivity contribution in [2.75, 3.05) is 5.32 Å². The fraction of sp³-hybridized carbons (Fsp3) is 0.333. The number of nitrogens with two attached hydrogens (primary N) is 1. The second-order valence-electron chi connectivity index (χ2n) is 4.25. The molecule has 5 nitrogen and oxygen atoms in total. The van der Waals surface area contributed by atoms with E-state index in [4.69, 9.17) is 10.8 Å². The smallest absolute Gasteiger partial charge is 0.337 e. The molecule has 0 heterocycles. The number of carboxylic acid groups (broad SMARTS) is 1. The molecule has 0 radical (unpaired) electrons. The summed E-state index contributed by atoms with van der Waals surface area (Å²) in [5.74, 6) is -1.52. The second-order valence-corrected chi connectivity index (χ2v) is 5.17. The average Bonchev–Trinajstić information content (AvgIpc) is 2.29. The minimum absolute atomic E-state index is 0.0197. The summed E-state index contributed by atoms with van der Waals surface area (Å²) in [5, 5.41) is 11.6. The van der Waals surface area contributed by atoms with Crippen LogP contribution in [0.1, 0.15) is 24.2 Å². The lowest BCUT2D eigenvalue weighted by Gasteiger charge is -2.16. The highest BCUT2D eigenvalue weighted by Gasteiger charge is 2.19. The van der Waals surface area contributed by atoms with Crippen molar-refractivity contribution in [3.05, 3.63) is 28.2 Å². The number of aromatic carboxylic acids is 1. The van der Waals surface area contributed by atoms with Crippen molar-refractivity contribution in [3.63, 3.8) is 0 Å². The zero-order valence-corrected chi connectivity index (χ0v) is 11.7. The molecule has 0 bridgehead atoms. The molecule has 0 spiro atoms. The van der Waals surface area contributed by atoms with Gasteiger partial charge in [-0.25, -0.2) is 4.79 Å². The van der Waals surface area contributed by atoms with Gasteiger partial charge in [0.05, 0.1) is 17.3 Å². The summed E-state index contributed by atoms with van der Waals surface area (Å²) in [4.78, 5) is 22.8. The molecular weight excluding hydrogens is 300 g/mol. The number of carboxylic acids is 1. The van der Waals surface area contributed by atoms with Crippen molar-refractivity contribution in [2.24, 2.45) is 11.7 Å². The zero-order valence-electron chi connectivity index (χ0n) is 10.1. The number of anilines is 1. The fourth-order valence-corrected chi connectivity index (χ4v) is 1.68. The van der Waals surface area contributed by atoms with E-state index in [1.165, 1.54) is 12.1 Å². The Labute approximate surface area is 113 Å². The number of hydrogen-bond donors (Lipinski definition) is 3. The Balaban J connectivity index is 2.98. The maximum absolute atomic E-state index is 11.8. The molecule has 0 saturated heterocycles. The zero-order chi connectivity index (χ0) is 13.9. The van der Waals surface area contributed by atoms with Gasteiger partial charge in [0.1, 0.15) is 0 Å². The van der Waals surface area contributed by atoms with Gasteiger partial charge in [-0.3, -0.25) is 4.79 Å². The van der Waals surface area contributed by atoms with Crippen LogP contribution in [0.25, 0.3) is 0 Å². The maximum atomic E-state index is 11.8. The normalized spacial score (nSPS) is 12.3. The molecule has 1 amide bonds. The summed E-state index contributed by atoms with van der Waals surface area (Å²) in [5.41, 5.74) is 5.96. The van der Waals surface area contributed by atoms with Crippen LogP contribution in [0.5, 0.6) is 0 Å². The molecule has 1 aromatic carbocycles. The first-order chi connectivity index (χ1) is 8.32. The van der Waals surface area contributed by atoms with Crippen molar-refractivity contribution >= 4 is 33.5 Å². The van der Waals surface area contributed by atoms with E-state index in [9.17, 15) is 9.59 Å². The number of halogens is 1. The number of amides is 1. The minimum atomic E-state index is -1.11. The highest BCUT2D eigenvalue weighted by Crippen LogP contribution is 2.21. The first-order valence-corrected chi connectivity index (χ1v) is 6.21. The van der Waals surface area contributed by atoms with Gasteiger partial charge in [-0.15, -0.1) is 0 Å². The fourth-order valence-electron chi connectivity index (χ4n) is 1.32. The molecule has 1 atom stereocenters. The van der Waals surface area contributed by atoms with E-state index >= 15 is 0 Å². The van der Waals surface area contributed by atoms with Gasteiger partial charge >= 0.3 is 5.97 Å². The lowest BCUT2D eigenvalue weighted by atomic mass is 10.0. The van der Waals surface area contributed by atoms with E-state index in [0.717, 1.165) is 0 Å². The van der Waals surface area contributed by atoms with Gasteiger partial charge in [0.2, 0.25) is 5.91 Å². The van der Waals surface area contributed by atoms with Gasteiger partial charge in [0, 0.05) is 4.47 Å². The van der Waals surface area contributed by atoms with Gasteiger partial charge in [-0.2, -0.15) is 0 Å². The van der Waals surface area contributed by atoms with Crippen LogP contribution >= 0.6 is 15.9 Å². The van der Waals surface area contributed by atoms with E-state index in [0.29, 0.717) is 4.47 Å². The van der Waals surface area contributed by atoms with Crippen LogP contribution in [0.3, 0.4) is 0 Å². The van der Waals surface area contributed by atoms with Crippen LogP contribution in [0, 0.1) is 5.92 Å². The van der Waals surface area contributed by atoms with E-state index in [1.54, 1.807) is 6.07 Å². The summed E-state index contributed by atoms with van der Waals surface area (Å²) in [6, 6.07) is 3.94. The van der Waals surface area contributed by atoms with Crippen molar-refractivity contribution in [2.45, 2.75) is 19.9 Å². The quantitative estimate of drug-likeness (QED) is 0.793. The SMILES string of the molecule is CC(C)[C@H](N)C(=O)Nc1ccc(Br)cc1C(=O)O. The molecule has 0 aromatic heterocycles. The Morgan fingerprint density at radius 3 is 2.50 bits per heavy atom. The maximum Gasteiger partial charge on any atom is 0.337 e. The Hall–Kier alpha value is -1.40. The van der Waals surface area contributed by atoms with E-state index in [-0.39, 0.29) is 17.2 Å². The van der Waals surface area contributed by atoms with Crippen LogP contribution < -0.4 is 11.1 Å². The molecular formula is C12H15BrN2O3. The second kappa shape index (κ2) is 5.97. The third-order valence-corrected chi connectivity index (χ3v) is 2.98. The van der Waals surface area contributed by atoms with Crippen LogP contribution in [0.15, 0.2) is 22.7 Å². The molecule has 18 heavy (non-hydrogen) atoms. The van der Waals surface area contributed by atoms with Crippen molar-refractivity contribution in [1.29, 1.82) is 0 Å². The number of carbonyl (C=O) groups excluding carboxylic acids is 1. The van der Waals surface area contributed by atoms with Gasteiger partial charge in [0.15, 0.2) is 0 Å². The third-order valence-electron chi connectivity index (χ3n) is 2.49. The van der Waals surface area contributed by atoms with Crippen LogP contribution in [-0.4, -0.2) is 23.0 Å². The molecule has 0 unspecified atom stereocenters. The monoisotopic (exact) mass is 314 g/mol. The Kier molecular flexibility index (Phi) is 4.86. The van der Waals surface area contributed by atoms with Crippen LogP contribution in [0.2, 0.25) is 0 Å². The van der Waals surface area contributed by atoms with E-state index in [2.05, 4.69) is 21.2 Å². The van der Waals surface area contributed by atoms with Crippen LogP contribution in [-0.2, 0) is 4.79 Å². The molecule has 0 aliphatic carbocycles. The molecule has 0 aliphatic rings. The van der Waals surface area contributed by atoms with Gasteiger partial charge < -0.3 is 16.2 Å². The molecule has 1 rings (SSSR count). The summed E-state index contributed by atoms with van der Waals surface area (Å²) in [6.07, 6.45) is 0. The Morgan fingerprint density at radius 2 is 2.00 bits per heavy atom. The first kappa shape index (κ1) is 14.7. The van der Waals surface area contributed by atoms with Gasteiger partial charge in [-0.05, 0) is 24.1 Å². The number of carbonyl (C=O) groups is 2. The summed E-state index contributed by atoms with van der Waals surface area (Å²) >= 11 is 3.18. The minimum Gasteiger partial charge on any atom is -0.478 e. The number of benzene rings is 1. The lowest BCUT2D eigenvalue weighted by molar-refractivity contribution is -0.118. The third kappa shape index (κ3) is 3.54. The molecule has 98 valence electrons. The molecule has 0 saturated carbocycles. The average molecular weight is 315 g/mol. The highest BCUT2D eigenvalue weighted by atomic mass is 79.9. The lowest BCUT2D eigenvalue weighted by Crippen LogP contribution is -2.40. The summed E-state index contributed by atoms with van der Waals surface area (Å²) in [7, 11) is 0. The number of hydrogen-bond acceptors (Lipinski definition) is 3. The standard InChI is InChI=1S/C12H15BrN2O3/c1-6(2)10(14)11(16)15-9-4-3-7(13)5-8(9)12(17)18/h3-6,10H,14H2,1-2H3,(H,15,16)(H,17,18)/t10-/m0/s1. The largest absolute Gasteiger partial charge is 0.478 e. The molecule has 0 aliphatic heterocycles. The van der Waals surface area contributed by atoms with Gasteiger partial charge in [-0.1, -0.05) is 29.8 Å². The van der Waals surface area contributed by atoms with E-state index in [1.807, 2.05) is 13.8 Å². The predicted octanol–water partition coefficient (Wildman–Crippen LogP) is 2.07. The number of rotatable bonds is 4.